The zero-order chi connectivity index (χ0) is 15.2. The summed E-state index contributed by atoms with van der Waals surface area (Å²) in [6.45, 7) is 2.40. The van der Waals surface area contributed by atoms with E-state index in [-0.39, 0.29) is 5.97 Å². The van der Waals surface area contributed by atoms with Gasteiger partial charge in [0, 0.05) is 0 Å². The van der Waals surface area contributed by atoms with E-state index in [9.17, 15) is 4.79 Å². The number of carbonyl (C=O) groups excluding carboxylic acids is 1. The third kappa shape index (κ3) is 3.75. The fourth-order valence-electron chi connectivity index (χ4n) is 1.91. The molecular weight excluding hydrogens is 268 g/mol. The molecule has 0 aromatic heterocycles. The summed E-state index contributed by atoms with van der Waals surface area (Å²) >= 11 is 0. The second kappa shape index (κ2) is 6.79. The highest BCUT2D eigenvalue weighted by molar-refractivity contribution is 5.89. The topological polar surface area (TPSA) is 44.8 Å². The predicted molar refractivity (Wildman–Crippen MR) is 79.8 cm³/mol. The molecule has 0 fully saturated rings. The maximum atomic E-state index is 11.3. The van der Waals surface area contributed by atoms with Crippen LogP contribution in [0.3, 0.4) is 0 Å². The molecule has 0 N–H and O–H groups in total. The quantitative estimate of drug-likeness (QED) is 0.790. The summed E-state index contributed by atoms with van der Waals surface area (Å²) in [4.78, 5) is 11.3. The Hall–Kier alpha value is -2.49. The Morgan fingerprint density at radius 2 is 1.71 bits per heavy atom. The molecule has 2 aromatic carbocycles. The second-order valence-corrected chi connectivity index (χ2v) is 4.63. The average molecular weight is 286 g/mol. The summed E-state index contributed by atoms with van der Waals surface area (Å²) in [5.74, 6) is 1.06. The van der Waals surface area contributed by atoms with Gasteiger partial charge >= 0.3 is 5.97 Å². The van der Waals surface area contributed by atoms with E-state index in [1.165, 1.54) is 7.11 Å². The van der Waals surface area contributed by atoms with Crippen LogP contribution in [0.2, 0.25) is 0 Å². The Kier molecular flexibility index (Phi) is 4.82. The molecule has 0 spiro atoms. The largest absolute Gasteiger partial charge is 0.493 e. The first kappa shape index (κ1) is 14.9. The molecule has 110 valence electrons. The van der Waals surface area contributed by atoms with Crippen LogP contribution in [-0.4, -0.2) is 20.2 Å². The van der Waals surface area contributed by atoms with Crippen molar-refractivity contribution in [3.63, 3.8) is 0 Å². The monoisotopic (exact) mass is 286 g/mol. The normalized spacial score (nSPS) is 10.0. The van der Waals surface area contributed by atoms with Gasteiger partial charge in [0.25, 0.3) is 0 Å². The molecule has 2 aromatic rings. The van der Waals surface area contributed by atoms with Gasteiger partial charge in [-0.3, -0.25) is 0 Å². The first-order valence-electron chi connectivity index (χ1n) is 6.58. The minimum atomic E-state index is -0.345. The van der Waals surface area contributed by atoms with Crippen LogP contribution < -0.4 is 9.47 Å². The van der Waals surface area contributed by atoms with Gasteiger partial charge in [-0.05, 0) is 42.3 Å². The van der Waals surface area contributed by atoms with Gasteiger partial charge in [-0.15, -0.1) is 0 Å². The fraction of sp³-hybridized carbons (Fsp3) is 0.235. The van der Waals surface area contributed by atoms with Crippen LogP contribution in [0, 0.1) is 6.92 Å². The van der Waals surface area contributed by atoms with Crippen LogP contribution >= 0.6 is 0 Å². The first-order valence-corrected chi connectivity index (χ1v) is 6.58. The lowest BCUT2D eigenvalue weighted by molar-refractivity contribution is 0.0600. The van der Waals surface area contributed by atoms with Crippen LogP contribution in [0.15, 0.2) is 42.5 Å². The molecule has 0 aliphatic carbocycles. The van der Waals surface area contributed by atoms with E-state index in [1.807, 2.05) is 37.3 Å². The van der Waals surface area contributed by atoms with Crippen LogP contribution in [0.1, 0.15) is 21.5 Å². The lowest BCUT2D eigenvalue weighted by Gasteiger charge is -2.11. The summed E-state index contributed by atoms with van der Waals surface area (Å²) < 4.78 is 15.7. The summed E-state index contributed by atoms with van der Waals surface area (Å²) in [5.41, 5.74) is 2.60. The number of hydrogen-bond donors (Lipinski definition) is 0. The Morgan fingerprint density at radius 3 is 2.33 bits per heavy atom. The SMILES string of the molecule is COC(=O)c1ccc(COc2ccc(C)cc2OC)cc1. The van der Waals surface area contributed by atoms with E-state index in [4.69, 9.17) is 9.47 Å². The van der Waals surface area contributed by atoms with Crippen molar-refractivity contribution in [3.8, 4) is 11.5 Å². The molecule has 0 unspecified atom stereocenters. The molecule has 0 atom stereocenters. The molecule has 0 radical (unpaired) electrons. The van der Waals surface area contributed by atoms with Crippen molar-refractivity contribution in [1.82, 2.24) is 0 Å². The Balaban J connectivity index is 2.05. The minimum Gasteiger partial charge on any atom is -0.493 e. The van der Waals surface area contributed by atoms with Gasteiger partial charge in [0.15, 0.2) is 11.5 Å². The Morgan fingerprint density at radius 1 is 1.00 bits per heavy atom. The van der Waals surface area contributed by atoms with Crippen molar-refractivity contribution in [3.05, 3.63) is 59.2 Å². The second-order valence-electron chi connectivity index (χ2n) is 4.63. The smallest absolute Gasteiger partial charge is 0.337 e. The molecule has 0 aliphatic rings. The number of methoxy groups -OCH3 is 2. The molecule has 0 heterocycles. The highest BCUT2D eigenvalue weighted by Crippen LogP contribution is 2.28. The van der Waals surface area contributed by atoms with Gasteiger partial charge in [0.1, 0.15) is 6.61 Å². The van der Waals surface area contributed by atoms with E-state index in [2.05, 4.69) is 4.74 Å². The van der Waals surface area contributed by atoms with Gasteiger partial charge in [0.2, 0.25) is 0 Å². The van der Waals surface area contributed by atoms with Crippen LogP contribution in [0.25, 0.3) is 0 Å². The van der Waals surface area contributed by atoms with E-state index in [1.54, 1.807) is 19.2 Å². The molecule has 21 heavy (non-hydrogen) atoms. The number of benzene rings is 2. The highest BCUT2D eigenvalue weighted by atomic mass is 16.5. The zero-order valence-corrected chi connectivity index (χ0v) is 12.4. The summed E-state index contributed by atoms with van der Waals surface area (Å²) in [6.07, 6.45) is 0. The van der Waals surface area contributed by atoms with Crippen molar-refractivity contribution in [1.29, 1.82) is 0 Å². The average Bonchev–Trinajstić information content (AvgIpc) is 2.53. The predicted octanol–water partition coefficient (Wildman–Crippen LogP) is 3.37. The minimum absolute atomic E-state index is 0.345. The number of carbonyl (C=O) groups is 1. The van der Waals surface area contributed by atoms with E-state index < -0.39 is 0 Å². The number of esters is 1. The number of rotatable bonds is 5. The van der Waals surface area contributed by atoms with E-state index in [0.717, 1.165) is 11.1 Å². The summed E-state index contributed by atoms with van der Waals surface area (Å²) in [7, 11) is 2.98. The third-order valence-corrected chi connectivity index (χ3v) is 3.09. The number of aryl methyl sites for hydroxylation is 1. The third-order valence-electron chi connectivity index (χ3n) is 3.09. The zero-order valence-electron chi connectivity index (χ0n) is 12.4. The molecule has 0 saturated carbocycles. The maximum absolute atomic E-state index is 11.3. The van der Waals surface area contributed by atoms with Gasteiger partial charge in [-0.25, -0.2) is 4.79 Å². The number of hydrogen-bond acceptors (Lipinski definition) is 4. The lowest BCUT2D eigenvalue weighted by atomic mass is 10.1. The standard InChI is InChI=1S/C17H18O4/c1-12-4-9-15(16(10-12)19-2)21-11-13-5-7-14(8-6-13)17(18)20-3/h4-10H,11H2,1-3H3. The molecule has 4 nitrogen and oxygen atoms in total. The number of ether oxygens (including phenoxy) is 3. The summed E-state index contributed by atoms with van der Waals surface area (Å²) in [5, 5.41) is 0. The Bertz CT molecular complexity index is 617. The molecule has 0 bridgehead atoms. The van der Waals surface area contributed by atoms with Gasteiger partial charge in [-0.2, -0.15) is 0 Å². The van der Waals surface area contributed by atoms with Crippen LogP contribution in [0.4, 0.5) is 0 Å². The highest BCUT2D eigenvalue weighted by Gasteiger charge is 2.07. The molecule has 0 saturated heterocycles. The van der Waals surface area contributed by atoms with E-state index >= 15 is 0 Å². The maximum Gasteiger partial charge on any atom is 0.337 e. The fourth-order valence-corrected chi connectivity index (χ4v) is 1.91. The van der Waals surface area contributed by atoms with E-state index in [0.29, 0.717) is 23.7 Å². The van der Waals surface area contributed by atoms with Gasteiger partial charge < -0.3 is 14.2 Å². The van der Waals surface area contributed by atoms with Crippen molar-refractivity contribution in [2.24, 2.45) is 0 Å². The van der Waals surface area contributed by atoms with Gasteiger partial charge in [0.05, 0.1) is 19.8 Å². The molecule has 2 rings (SSSR count). The van der Waals surface area contributed by atoms with Crippen molar-refractivity contribution in [2.45, 2.75) is 13.5 Å². The summed E-state index contributed by atoms with van der Waals surface area (Å²) in [6, 6.07) is 12.9. The van der Waals surface area contributed by atoms with Crippen molar-refractivity contribution >= 4 is 5.97 Å². The van der Waals surface area contributed by atoms with Crippen LogP contribution in [-0.2, 0) is 11.3 Å². The molecule has 0 aliphatic heterocycles. The van der Waals surface area contributed by atoms with Gasteiger partial charge in [-0.1, -0.05) is 18.2 Å². The lowest BCUT2D eigenvalue weighted by Crippen LogP contribution is -2.02. The first-order chi connectivity index (χ1) is 10.1. The molecular formula is C17H18O4. The molecule has 0 amide bonds. The van der Waals surface area contributed by atoms with Crippen molar-refractivity contribution < 1.29 is 19.0 Å². The van der Waals surface area contributed by atoms with Crippen molar-refractivity contribution in [2.75, 3.05) is 14.2 Å². The Labute approximate surface area is 124 Å². The van der Waals surface area contributed by atoms with Crippen LogP contribution in [0.5, 0.6) is 11.5 Å². The molecule has 4 heteroatoms.